The van der Waals surface area contributed by atoms with Crippen LogP contribution in [0, 0.1) is 0 Å². The van der Waals surface area contributed by atoms with Crippen molar-refractivity contribution in [2.24, 2.45) is 0 Å². The molecule has 0 aliphatic carbocycles. The van der Waals surface area contributed by atoms with Crippen molar-refractivity contribution in [1.29, 1.82) is 0 Å². The molecule has 0 fully saturated rings. The van der Waals surface area contributed by atoms with E-state index in [4.69, 9.17) is 10.2 Å². The molecule has 1 aromatic rings. The summed E-state index contributed by atoms with van der Waals surface area (Å²) in [7, 11) is -0.320. The van der Waals surface area contributed by atoms with Gasteiger partial charge in [-0.3, -0.25) is 0 Å². The zero-order valence-corrected chi connectivity index (χ0v) is 10.6. The minimum absolute atomic E-state index is 0.320. The fourth-order valence-electron chi connectivity index (χ4n) is 0.506. The maximum absolute atomic E-state index is 10.2. The molecule has 2 N–H and O–H groups in total. The highest BCUT2D eigenvalue weighted by molar-refractivity contribution is 7.34. The van der Waals surface area contributed by atoms with Crippen LogP contribution in [-0.4, -0.2) is 22.2 Å². The van der Waals surface area contributed by atoms with Crippen LogP contribution in [0.5, 0.6) is 0 Å². The van der Waals surface area contributed by atoms with Crippen LogP contribution in [0.2, 0.25) is 0 Å². The number of carbonyl (C=O) groups is 2. The molecule has 1 rings (SSSR count). The Labute approximate surface area is 106 Å². The molecule has 6 heteroatoms. The van der Waals surface area contributed by atoms with Gasteiger partial charge in [-0.2, -0.15) is 0 Å². The van der Waals surface area contributed by atoms with E-state index in [1.807, 2.05) is 30.3 Å². The van der Waals surface area contributed by atoms with Crippen molar-refractivity contribution in [3.8, 4) is 0 Å². The molecule has 0 aliphatic heterocycles. The van der Waals surface area contributed by atoms with Crippen LogP contribution in [0.4, 0.5) is 0 Å². The number of aliphatic carboxylic acids is 2. The third kappa shape index (κ3) is 16.2. The first-order valence-electron chi connectivity index (χ1n) is 4.61. The van der Waals surface area contributed by atoms with Gasteiger partial charge in [-0.05, 0) is 12.1 Å². The quantitative estimate of drug-likeness (QED) is 0.645. The van der Waals surface area contributed by atoms with Crippen molar-refractivity contribution in [3.63, 3.8) is 0 Å². The molecule has 1 aromatic carbocycles. The van der Waals surface area contributed by atoms with Gasteiger partial charge >= 0.3 is 20.4 Å². The average Bonchev–Trinajstić information content (AvgIpc) is 2.41. The van der Waals surface area contributed by atoms with Crippen molar-refractivity contribution in [3.05, 3.63) is 55.6 Å². The van der Waals surface area contributed by atoms with Gasteiger partial charge in [0.05, 0.1) is 0 Å². The highest BCUT2D eigenvalue weighted by atomic mass is 31.1. The first-order chi connectivity index (χ1) is 8.47. The molecule has 0 heterocycles. The second-order valence-electron chi connectivity index (χ2n) is 2.55. The molecule has 0 amide bonds. The fraction of sp³-hybridized carbons (Fsp3) is 0. The lowest BCUT2D eigenvalue weighted by atomic mass is 10.4. The van der Waals surface area contributed by atoms with Crippen LogP contribution in [0.1, 0.15) is 0 Å². The number of carboxylic acids is 2. The fourth-order valence-corrected chi connectivity index (χ4v) is 0.835. The topological polar surface area (TPSA) is 91.7 Å². The summed E-state index contributed by atoms with van der Waals surface area (Å²) >= 11 is 0. The first kappa shape index (κ1) is 18.1. The van der Waals surface area contributed by atoms with E-state index in [9.17, 15) is 14.2 Å². The van der Waals surface area contributed by atoms with E-state index in [-0.39, 0.29) is 8.46 Å². The summed E-state index contributed by atoms with van der Waals surface area (Å²) in [6, 6.07) is 9.33. The summed E-state index contributed by atoms with van der Waals surface area (Å²) in [5.74, 6) is -1.96. The Kier molecular flexibility index (Phi) is 12.9. The lowest BCUT2D eigenvalue weighted by Crippen LogP contribution is -1.84. The van der Waals surface area contributed by atoms with Gasteiger partial charge in [-0.15, -0.1) is 0 Å². The lowest BCUT2D eigenvalue weighted by Gasteiger charge is -1.74. The van der Waals surface area contributed by atoms with E-state index < -0.39 is 11.9 Å². The van der Waals surface area contributed by atoms with Crippen LogP contribution < -0.4 is 5.30 Å². The molecule has 0 aliphatic rings. The van der Waals surface area contributed by atoms with Gasteiger partial charge < -0.3 is 10.2 Å². The molecule has 0 aromatic heterocycles. The van der Waals surface area contributed by atoms with E-state index in [1.165, 1.54) is 0 Å². The van der Waals surface area contributed by atoms with E-state index >= 15 is 0 Å². The average molecular weight is 269 g/mol. The summed E-state index contributed by atoms with van der Waals surface area (Å²) in [6.45, 7) is 5.92. The van der Waals surface area contributed by atoms with Gasteiger partial charge in [0.15, 0.2) is 5.30 Å². The Balaban J connectivity index is 0. The third-order valence-corrected chi connectivity index (χ3v) is 1.81. The normalized spacial score (nSPS) is 7.78. The zero-order chi connectivity index (χ0) is 14.4. The highest BCUT2D eigenvalue weighted by Gasteiger charge is 1.91. The summed E-state index contributed by atoms with van der Waals surface area (Å²) in [5, 5.41) is 16.1. The van der Waals surface area contributed by atoms with Crippen LogP contribution in [0.25, 0.3) is 0 Å². The molecule has 1 unspecified atom stereocenters. The SMILES string of the molecule is C=CC(=O)O.C=CC(=O)O.O=[PH+]c1ccccc1. The Morgan fingerprint density at radius 1 is 1.00 bits per heavy atom. The van der Waals surface area contributed by atoms with Crippen molar-refractivity contribution < 1.29 is 24.4 Å². The second kappa shape index (κ2) is 12.8. The van der Waals surface area contributed by atoms with Crippen molar-refractivity contribution in [2.75, 3.05) is 0 Å². The predicted octanol–water partition coefficient (Wildman–Crippen LogP) is 1.85. The summed E-state index contributed by atoms with van der Waals surface area (Å²) in [4.78, 5) is 18.5. The summed E-state index contributed by atoms with van der Waals surface area (Å²) < 4.78 is 10.2. The summed E-state index contributed by atoms with van der Waals surface area (Å²) in [6.07, 6.45) is 1.67. The van der Waals surface area contributed by atoms with Crippen molar-refractivity contribution >= 4 is 25.7 Å². The van der Waals surface area contributed by atoms with Gasteiger partial charge in [0.25, 0.3) is 0 Å². The molecular weight excluding hydrogens is 255 g/mol. The smallest absolute Gasteiger partial charge is 0.363 e. The Morgan fingerprint density at radius 3 is 1.50 bits per heavy atom. The lowest BCUT2D eigenvalue weighted by molar-refractivity contribution is -0.132. The van der Waals surface area contributed by atoms with Crippen LogP contribution >= 0.6 is 8.46 Å². The third-order valence-electron chi connectivity index (χ3n) is 1.24. The van der Waals surface area contributed by atoms with E-state index in [1.54, 1.807) is 0 Å². The van der Waals surface area contributed by atoms with Crippen LogP contribution in [0.15, 0.2) is 55.6 Å². The molecule has 18 heavy (non-hydrogen) atoms. The van der Waals surface area contributed by atoms with Crippen LogP contribution in [-0.2, 0) is 14.2 Å². The standard InChI is InChI=1S/C6H5OP.2C3H4O2/c7-8-6-4-2-1-3-5-6;2*1-2-3(4)5/h1-5H;2*2H,1H2,(H,4,5)/p+1. The molecule has 0 saturated carbocycles. The molecule has 0 bridgehead atoms. The number of rotatable bonds is 3. The maximum Gasteiger partial charge on any atom is 0.363 e. The Hall–Kier alpha value is -2.26. The molecule has 5 nitrogen and oxygen atoms in total. The Morgan fingerprint density at radius 2 is 1.33 bits per heavy atom. The molecule has 1 atom stereocenters. The van der Waals surface area contributed by atoms with Gasteiger partial charge in [0.1, 0.15) is 0 Å². The minimum Gasteiger partial charge on any atom is -0.478 e. The largest absolute Gasteiger partial charge is 0.478 e. The minimum atomic E-state index is -0.981. The Bertz CT molecular complexity index is 382. The van der Waals surface area contributed by atoms with E-state index in [0.29, 0.717) is 0 Å². The zero-order valence-electron chi connectivity index (χ0n) is 9.57. The molecular formula is C12H14O5P+. The predicted molar refractivity (Wildman–Crippen MR) is 70.7 cm³/mol. The van der Waals surface area contributed by atoms with Crippen LogP contribution in [0.3, 0.4) is 0 Å². The maximum atomic E-state index is 10.2. The first-order valence-corrected chi connectivity index (χ1v) is 5.52. The highest BCUT2D eigenvalue weighted by Crippen LogP contribution is 1.92. The van der Waals surface area contributed by atoms with E-state index in [2.05, 4.69) is 13.2 Å². The van der Waals surface area contributed by atoms with E-state index in [0.717, 1.165) is 17.5 Å². The van der Waals surface area contributed by atoms with Crippen molar-refractivity contribution in [2.45, 2.75) is 0 Å². The number of benzene rings is 1. The van der Waals surface area contributed by atoms with Crippen molar-refractivity contribution in [1.82, 2.24) is 0 Å². The van der Waals surface area contributed by atoms with Gasteiger partial charge in [0, 0.05) is 12.2 Å². The number of hydrogen-bond acceptors (Lipinski definition) is 3. The summed E-state index contributed by atoms with van der Waals surface area (Å²) in [5.41, 5.74) is 0. The number of carboxylic acid groups (broad SMARTS) is 2. The second-order valence-corrected chi connectivity index (χ2v) is 3.33. The molecule has 0 saturated heterocycles. The van der Waals surface area contributed by atoms with Gasteiger partial charge in [-0.1, -0.05) is 35.9 Å². The molecule has 96 valence electrons. The monoisotopic (exact) mass is 269 g/mol. The number of hydrogen-bond donors (Lipinski definition) is 2. The van der Waals surface area contributed by atoms with Gasteiger partial charge in [-0.25, -0.2) is 9.59 Å². The molecule has 0 spiro atoms. The van der Waals surface area contributed by atoms with Gasteiger partial charge in [0.2, 0.25) is 0 Å². The molecule has 0 radical (unpaired) electrons.